The van der Waals surface area contributed by atoms with Crippen LogP contribution in [0.5, 0.6) is 5.75 Å². The molecule has 1 amide bonds. The molecule has 6 nitrogen and oxygen atoms in total. The van der Waals surface area contributed by atoms with Crippen molar-refractivity contribution in [1.29, 1.82) is 0 Å². The number of aryl methyl sites for hydroxylation is 2. The van der Waals surface area contributed by atoms with E-state index in [-0.39, 0.29) is 10.8 Å². The molecule has 0 radical (unpaired) electrons. The highest BCUT2D eigenvalue weighted by atomic mass is 32.2. The Kier molecular flexibility index (Phi) is 6.65. The first-order valence-electron chi connectivity index (χ1n) is 9.79. The highest BCUT2D eigenvalue weighted by molar-refractivity contribution is 7.92. The third-order valence-electron chi connectivity index (χ3n) is 4.96. The van der Waals surface area contributed by atoms with Crippen LogP contribution >= 0.6 is 0 Å². The number of carbonyl (C=O) groups is 1. The summed E-state index contributed by atoms with van der Waals surface area (Å²) in [5, 5.41) is 0. The fraction of sp³-hybridized carbons (Fsp3) is 0.208. The third kappa shape index (κ3) is 5.24. The fourth-order valence-corrected chi connectivity index (χ4v) is 4.66. The molecule has 0 fully saturated rings. The number of amides is 1. The van der Waals surface area contributed by atoms with Gasteiger partial charge < -0.3 is 9.64 Å². The molecule has 3 rings (SSSR count). The van der Waals surface area contributed by atoms with Gasteiger partial charge in [-0.2, -0.15) is 0 Å². The summed E-state index contributed by atoms with van der Waals surface area (Å²) >= 11 is 0. The first-order valence-corrected chi connectivity index (χ1v) is 11.3. The predicted octanol–water partition coefficient (Wildman–Crippen LogP) is 4.39. The van der Waals surface area contributed by atoms with E-state index in [0.29, 0.717) is 23.4 Å². The molecule has 0 saturated carbocycles. The second kappa shape index (κ2) is 9.22. The van der Waals surface area contributed by atoms with Crippen LogP contribution in [0.3, 0.4) is 0 Å². The van der Waals surface area contributed by atoms with Crippen LogP contribution in [0, 0.1) is 13.8 Å². The summed E-state index contributed by atoms with van der Waals surface area (Å²) in [5.41, 5.74) is 3.29. The molecule has 0 saturated heterocycles. The minimum Gasteiger partial charge on any atom is -0.496 e. The zero-order valence-corrected chi connectivity index (χ0v) is 18.9. The number of rotatable bonds is 7. The van der Waals surface area contributed by atoms with Crippen molar-refractivity contribution in [3.05, 3.63) is 89.0 Å². The zero-order chi connectivity index (χ0) is 22.6. The van der Waals surface area contributed by atoms with Crippen molar-refractivity contribution in [3.8, 4) is 5.75 Å². The summed E-state index contributed by atoms with van der Waals surface area (Å²) in [4.78, 5) is 14.6. The summed E-state index contributed by atoms with van der Waals surface area (Å²) in [7, 11) is -0.413. The van der Waals surface area contributed by atoms with Gasteiger partial charge in [0.25, 0.3) is 15.9 Å². The van der Waals surface area contributed by atoms with Gasteiger partial charge in [-0.3, -0.25) is 9.52 Å². The number of sulfonamides is 1. The van der Waals surface area contributed by atoms with E-state index in [1.165, 1.54) is 0 Å². The zero-order valence-electron chi connectivity index (χ0n) is 18.0. The van der Waals surface area contributed by atoms with Gasteiger partial charge in [0.1, 0.15) is 5.75 Å². The number of methoxy groups -OCH3 is 1. The maximum Gasteiger partial charge on any atom is 0.262 e. The number of para-hydroxylation sites is 1. The molecule has 0 aliphatic carbocycles. The minimum atomic E-state index is -3.72. The van der Waals surface area contributed by atoms with Crippen molar-refractivity contribution in [3.63, 3.8) is 0 Å². The average molecular weight is 439 g/mol. The molecule has 0 aliphatic heterocycles. The van der Waals surface area contributed by atoms with Crippen molar-refractivity contribution in [2.75, 3.05) is 18.9 Å². The maximum absolute atomic E-state index is 12.8. The van der Waals surface area contributed by atoms with E-state index in [1.807, 2.05) is 37.3 Å². The van der Waals surface area contributed by atoms with E-state index in [9.17, 15) is 13.2 Å². The molecule has 31 heavy (non-hydrogen) atoms. The molecule has 0 heterocycles. The standard InChI is InChI=1S/C24H26N2O4S/c1-17-9-10-18(2)23(15-17)31(28,29)25-21-13-11-19(12-14-21)24(27)26(3)16-20-7-5-6-8-22(20)30-4/h5-15,25H,16H2,1-4H3. The van der Waals surface area contributed by atoms with E-state index in [2.05, 4.69) is 4.72 Å². The van der Waals surface area contributed by atoms with Crippen molar-refractivity contribution < 1.29 is 17.9 Å². The van der Waals surface area contributed by atoms with Gasteiger partial charge >= 0.3 is 0 Å². The summed E-state index contributed by atoms with van der Waals surface area (Å²) in [6.45, 7) is 4.00. The van der Waals surface area contributed by atoms with E-state index >= 15 is 0 Å². The molecule has 0 atom stereocenters. The fourth-order valence-electron chi connectivity index (χ4n) is 3.27. The minimum absolute atomic E-state index is 0.171. The summed E-state index contributed by atoms with van der Waals surface area (Å²) in [5.74, 6) is 0.549. The van der Waals surface area contributed by atoms with Crippen LogP contribution in [0.25, 0.3) is 0 Å². The molecule has 7 heteroatoms. The number of ether oxygens (including phenoxy) is 1. The van der Waals surface area contributed by atoms with Gasteiger partial charge in [0.15, 0.2) is 0 Å². The number of carbonyl (C=O) groups excluding carboxylic acids is 1. The van der Waals surface area contributed by atoms with Gasteiger partial charge in [-0.15, -0.1) is 0 Å². The molecule has 3 aromatic rings. The van der Waals surface area contributed by atoms with Gasteiger partial charge in [0.2, 0.25) is 0 Å². The van der Waals surface area contributed by atoms with E-state index < -0.39 is 10.0 Å². The van der Waals surface area contributed by atoms with Gasteiger partial charge in [-0.1, -0.05) is 30.3 Å². The monoisotopic (exact) mass is 438 g/mol. The molecular formula is C24H26N2O4S. The topological polar surface area (TPSA) is 75.7 Å². The molecule has 0 bridgehead atoms. The predicted molar refractivity (Wildman–Crippen MR) is 122 cm³/mol. The Labute approximate surface area is 183 Å². The van der Waals surface area contributed by atoms with Gasteiger partial charge in [-0.05, 0) is 61.4 Å². The van der Waals surface area contributed by atoms with Crippen molar-refractivity contribution in [2.24, 2.45) is 0 Å². The highest BCUT2D eigenvalue weighted by Crippen LogP contribution is 2.22. The third-order valence-corrected chi connectivity index (χ3v) is 6.49. The molecule has 162 valence electrons. The second-order valence-electron chi connectivity index (χ2n) is 7.42. The smallest absolute Gasteiger partial charge is 0.262 e. The Morgan fingerprint density at radius 2 is 1.68 bits per heavy atom. The average Bonchev–Trinajstić information content (AvgIpc) is 2.75. The maximum atomic E-state index is 12.8. The van der Waals surface area contributed by atoms with Crippen molar-refractivity contribution >= 4 is 21.6 Å². The Morgan fingerprint density at radius 3 is 2.35 bits per heavy atom. The molecule has 0 unspecified atom stereocenters. The molecule has 1 N–H and O–H groups in total. The number of nitrogens with one attached hydrogen (secondary N) is 1. The van der Waals surface area contributed by atoms with Gasteiger partial charge in [-0.25, -0.2) is 8.42 Å². The lowest BCUT2D eigenvalue weighted by Gasteiger charge is -2.19. The Bertz CT molecular complexity index is 1190. The lowest BCUT2D eigenvalue weighted by molar-refractivity contribution is 0.0784. The van der Waals surface area contributed by atoms with Crippen LogP contribution in [-0.2, 0) is 16.6 Å². The SMILES string of the molecule is COc1ccccc1CN(C)C(=O)c1ccc(NS(=O)(=O)c2cc(C)ccc2C)cc1. The number of hydrogen-bond donors (Lipinski definition) is 1. The van der Waals surface area contributed by atoms with Crippen LogP contribution in [0.1, 0.15) is 27.0 Å². The van der Waals surface area contributed by atoms with Crippen LogP contribution in [0.4, 0.5) is 5.69 Å². The molecule has 0 aromatic heterocycles. The Hall–Kier alpha value is -3.32. The number of hydrogen-bond acceptors (Lipinski definition) is 4. The Morgan fingerprint density at radius 1 is 1.00 bits per heavy atom. The largest absolute Gasteiger partial charge is 0.496 e. The normalized spacial score (nSPS) is 11.1. The summed E-state index contributed by atoms with van der Waals surface area (Å²) in [6, 6.07) is 19.2. The highest BCUT2D eigenvalue weighted by Gasteiger charge is 2.18. The second-order valence-corrected chi connectivity index (χ2v) is 9.08. The van der Waals surface area contributed by atoms with E-state index in [1.54, 1.807) is 62.4 Å². The first kappa shape index (κ1) is 22.4. The number of nitrogens with zero attached hydrogens (tertiary/aromatic N) is 1. The molecule has 0 aliphatic rings. The van der Waals surface area contributed by atoms with Crippen molar-refractivity contribution in [2.45, 2.75) is 25.3 Å². The molecule has 3 aromatic carbocycles. The molecular weight excluding hydrogens is 412 g/mol. The van der Waals surface area contributed by atoms with Gasteiger partial charge in [0.05, 0.1) is 12.0 Å². The van der Waals surface area contributed by atoms with E-state index in [0.717, 1.165) is 16.9 Å². The number of benzene rings is 3. The lowest BCUT2D eigenvalue weighted by Crippen LogP contribution is -2.26. The van der Waals surface area contributed by atoms with Crippen LogP contribution in [0.2, 0.25) is 0 Å². The number of anilines is 1. The quantitative estimate of drug-likeness (QED) is 0.594. The first-order chi connectivity index (χ1) is 14.7. The summed E-state index contributed by atoms with van der Waals surface area (Å²) in [6.07, 6.45) is 0. The molecule has 0 spiro atoms. The van der Waals surface area contributed by atoms with E-state index in [4.69, 9.17) is 4.74 Å². The summed E-state index contributed by atoms with van der Waals surface area (Å²) < 4.78 is 33.5. The van der Waals surface area contributed by atoms with Crippen molar-refractivity contribution in [1.82, 2.24) is 4.90 Å². The lowest BCUT2D eigenvalue weighted by atomic mass is 10.1. The van der Waals surface area contributed by atoms with Crippen LogP contribution < -0.4 is 9.46 Å². The van der Waals surface area contributed by atoms with Gasteiger partial charge in [0, 0.05) is 30.4 Å². The Balaban J connectivity index is 1.73. The van der Waals surface area contributed by atoms with Crippen LogP contribution in [-0.4, -0.2) is 33.4 Å². The van der Waals surface area contributed by atoms with Crippen LogP contribution in [0.15, 0.2) is 71.6 Å².